The quantitative estimate of drug-likeness (QED) is 0.541. The summed E-state index contributed by atoms with van der Waals surface area (Å²) in [5, 5.41) is 0.254. The lowest BCUT2D eigenvalue weighted by atomic mass is 10.3. The van der Waals surface area contributed by atoms with Gasteiger partial charge in [0.15, 0.2) is 0 Å². The molecule has 0 atom stereocenters. The molecule has 3 aromatic rings. The molecule has 0 saturated carbocycles. The van der Waals surface area contributed by atoms with Crippen molar-refractivity contribution in [2.45, 2.75) is 6.42 Å². The number of amides is 2. The second-order valence-corrected chi connectivity index (χ2v) is 6.02. The van der Waals surface area contributed by atoms with Gasteiger partial charge in [-0.1, -0.05) is 35.3 Å². The highest BCUT2D eigenvalue weighted by Gasteiger charge is 2.13. The zero-order valence-electron chi connectivity index (χ0n) is 13.1. The molecule has 2 heterocycles. The molecule has 2 amide bonds. The van der Waals surface area contributed by atoms with E-state index in [0.717, 1.165) is 11.0 Å². The van der Waals surface area contributed by atoms with Crippen LogP contribution in [0.15, 0.2) is 36.5 Å². The van der Waals surface area contributed by atoms with E-state index in [9.17, 15) is 9.59 Å². The fourth-order valence-corrected chi connectivity index (χ4v) is 2.56. The minimum absolute atomic E-state index is 0.0189. The van der Waals surface area contributed by atoms with Crippen LogP contribution in [0.25, 0.3) is 11.0 Å². The second-order valence-electron chi connectivity index (χ2n) is 5.25. The summed E-state index contributed by atoms with van der Waals surface area (Å²) >= 11 is 11.5. The number of benzene rings is 1. The van der Waals surface area contributed by atoms with Gasteiger partial charge in [0, 0.05) is 13.2 Å². The van der Waals surface area contributed by atoms with E-state index in [2.05, 4.69) is 20.8 Å². The number of carbonyl (C=O) groups excluding carboxylic acids is 2. The van der Waals surface area contributed by atoms with Crippen LogP contribution in [0.1, 0.15) is 16.2 Å². The standard InChI is InChI=1S/C16H13Cl2N5O2/c1-23-12-5-3-2-4-11(12)20-13(23)7-14(24)21-22-16(25)9-6-10(17)15(18)19-8-9/h2-6,8H,7H2,1H3,(H,21,24)(H,22,25). The number of pyridine rings is 1. The van der Waals surface area contributed by atoms with Crippen LogP contribution in [0.3, 0.4) is 0 Å². The van der Waals surface area contributed by atoms with Crippen LogP contribution < -0.4 is 10.9 Å². The Labute approximate surface area is 152 Å². The lowest BCUT2D eigenvalue weighted by molar-refractivity contribution is -0.121. The molecule has 0 aliphatic rings. The third-order valence-electron chi connectivity index (χ3n) is 3.57. The van der Waals surface area contributed by atoms with E-state index in [1.807, 2.05) is 35.9 Å². The summed E-state index contributed by atoms with van der Waals surface area (Å²) in [4.78, 5) is 32.2. The van der Waals surface area contributed by atoms with Crippen molar-refractivity contribution in [3.63, 3.8) is 0 Å². The SMILES string of the molecule is Cn1c(CC(=O)NNC(=O)c2cnc(Cl)c(Cl)c2)nc2ccccc21. The van der Waals surface area contributed by atoms with Gasteiger partial charge in [0.05, 0.1) is 28.0 Å². The molecule has 1 aromatic carbocycles. The van der Waals surface area contributed by atoms with Gasteiger partial charge in [-0.3, -0.25) is 20.4 Å². The maximum atomic E-state index is 12.1. The summed E-state index contributed by atoms with van der Waals surface area (Å²) in [6, 6.07) is 8.94. The summed E-state index contributed by atoms with van der Waals surface area (Å²) in [6.45, 7) is 0. The number of hydrogen-bond donors (Lipinski definition) is 2. The molecule has 2 N–H and O–H groups in total. The molecule has 3 rings (SSSR count). The number of aryl methyl sites for hydroxylation is 1. The molecular weight excluding hydrogens is 365 g/mol. The average molecular weight is 378 g/mol. The number of aromatic nitrogens is 3. The van der Waals surface area contributed by atoms with Gasteiger partial charge in [0.25, 0.3) is 5.91 Å². The fourth-order valence-electron chi connectivity index (χ4n) is 2.29. The lowest BCUT2D eigenvalue weighted by Gasteiger charge is -2.08. The van der Waals surface area contributed by atoms with Gasteiger partial charge in [-0.05, 0) is 18.2 Å². The molecule has 0 saturated heterocycles. The van der Waals surface area contributed by atoms with Crippen molar-refractivity contribution in [3.05, 3.63) is 58.1 Å². The second kappa shape index (κ2) is 7.08. The van der Waals surface area contributed by atoms with Crippen LogP contribution in [0.4, 0.5) is 0 Å². The van der Waals surface area contributed by atoms with Gasteiger partial charge in [-0.15, -0.1) is 0 Å². The van der Waals surface area contributed by atoms with Gasteiger partial charge in [0.1, 0.15) is 11.0 Å². The summed E-state index contributed by atoms with van der Waals surface area (Å²) in [7, 11) is 1.83. The molecule has 0 unspecified atom stereocenters. The maximum absolute atomic E-state index is 12.1. The molecule has 0 aliphatic carbocycles. The first-order valence-electron chi connectivity index (χ1n) is 7.26. The summed E-state index contributed by atoms with van der Waals surface area (Å²) in [5.74, 6) is -0.367. The first kappa shape index (κ1) is 17.2. The Morgan fingerprint density at radius 3 is 2.68 bits per heavy atom. The number of rotatable bonds is 3. The van der Waals surface area contributed by atoms with Crippen molar-refractivity contribution in [3.8, 4) is 0 Å². The highest BCUT2D eigenvalue weighted by Crippen LogP contribution is 2.19. The van der Waals surface area contributed by atoms with Crippen molar-refractivity contribution >= 4 is 46.0 Å². The molecule has 9 heteroatoms. The van der Waals surface area contributed by atoms with Crippen molar-refractivity contribution in [1.82, 2.24) is 25.4 Å². The molecular formula is C16H13Cl2N5O2. The highest BCUT2D eigenvalue weighted by molar-refractivity contribution is 6.41. The van der Waals surface area contributed by atoms with Crippen LogP contribution in [0.2, 0.25) is 10.2 Å². The average Bonchev–Trinajstić information content (AvgIpc) is 2.91. The number of nitrogens with zero attached hydrogens (tertiary/aromatic N) is 3. The smallest absolute Gasteiger partial charge is 0.271 e. The number of para-hydroxylation sites is 2. The Hall–Kier alpha value is -2.64. The highest BCUT2D eigenvalue weighted by atomic mass is 35.5. The Morgan fingerprint density at radius 2 is 1.96 bits per heavy atom. The van der Waals surface area contributed by atoms with Crippen molar-refractivity contribution in [1.29, 1.82) is 0 Å². The Balaban J connectivity index is 1.63. The minimum Gasteiger partial charge on any atom is -0.331 e. The van der Waals surface area contributed by atoms with E-state index in [-0.39, 0.29) is 22.2 Å². The van der Waals surface area contributed by atoms with Crippen LogP contribution in [-0.2, 0) is 18.3 Å². The predicted molar refractivity (Wildman–Crippen MR) is 94.3 cm³/mol. The summed E-state index contributed by atoms with van der Waals surface area (Å²) in [5.41, 5.74) is 6.55. The molecule has 128 valence electrons. The monoisotopic (exact) mass is 377 g/mol. The van der Waals surface area contributed by atoms with Gasteiger partial charge in [-0.2, -0.15) is 0 Å². The van der Waals surface area contributed by atoms with E-state index in [0.29, 0.717) is 5.82 Å². The third kappa shape index (κ3) is 3.72. The predicted octanol–water partition coefficient (Wildman–Crippen LogP) is 2.28. The zero-order chi connectivity index (χ0) is 18.0. The number of imidazole rings is 1. The number of nitrogens with one attached hydrogen (secondary N) is 2. The van der Waals surface area contributed by atoms with Crippen molar-refractivity contribution in [2.75, 3.05) is 0 Å². The topological polar surface area (TPSA) is 88.9 Å². The van der Waals surface area contributed by atoms with E-state index >= 15 is 0 Å². The Morgan fingerprint density at radius 1 is 1.20 bits per heavy atom. The van der Waals surface area contributed by atoms with Crippen molar-refractivity contribution in [2.24, 2.45) is 7.05 Å². The largest absolute Gasteiger partial charge is 0.331 e. The molecule has 0 bridgehead atoms. The van der Waals surface area contributed by atoms with E-state index in [4.69, 9.17) is 23.2 Å². The molecule has 0 radical (unpaired) electrons. The summed E-state index contributed by atoms with van der Waals surface area (Å²) in [6.07, 6.45) is 1.28. The molecule has 0 fully saturated rings. The maximum Gasteiger partial charge on any atom is 0.271 e. The first-order chi connectivity index (χ1) is 12.0. The fraction of sp³-hybridized carbons (Fsp3) is 0.125. The van der Waals surface area contributed by atoms with E-state index < -0.39 is 11.8 Å². The number of carbonyl (C=O) groups is 2. The minimum atomic E-state index is -0.551. The van der Waals surface area contributed by atoms with Crippen molar-refractivity contribution < 1.29 is 9.59 Å². The van der Waals surface area contributed by atoms with E-state index in [1.54, 1.807) is 0 Å². The number of halogens is 2. The molecule has 0 spiro atoms. The molecule has 2 aromatic heterocycles. The van der Waals surface area contributed by atoms with Gasteiger partial charge < -0.3 is 4.57 Å². The third-order valence-corrected chi connectivity index (χ3v) is 4.26. The van der Waals surface area contributed by atoms with Gasteiger partial charge in [0.2, 0.25) is 5.91 Å². The summed E-state index contributed by atoms with van der Waals surface area (Å²) < 4.78 is 1.83. The van der Waals surface area contributed by atoms with E-state index in [1.165, 1.54) is 12.3 Å². The van der Waals surface area contributed by atoms with Gasteiger partial charge in [-0.25, -0.2) is 9.97 Å². The molecule has 25 heavy (non-hydrogen) atoms. The van der Waals surface area contributed by atoms with Gasteiger partial charge >= 0.3 is 0 Å². The van der Waals surface area contributed by atoms with Crippen LogP contribution in [0.5, 0.6) is 0 Å². The van der Waals surface area contributed by atoms with Crippen LogP contribution >= 0.6 is 23.2 Å². The number of hydrazine groups is 1. The molecule has 0 aliphatic heterocycles. The Bertz CT molecular complexity index is 970. The molecule has 7 nitrogen and oxygen atoms in total. The normalized spacial score (nSPS) is 10.7. The lowest BCUT2D eigenvalue weighted by Crippen LogP contribution is -2.42. The number of fused-ring (bicyclic) bond motifs is 1. The van der Waals surface area contributed by atoms with Crippen LogP contribution in [0, 0.1) is 0 Å². The number of hydrogen-bond acceptors (Lipinski definition) is 4. The first-order valence-corrected chi connectivity index (χ1v) is 8.02. The Kier molecular flexibility index (Phi) is 4.87. The van der Waals surface area contributed by atoms with Crippen LogP contribution in [-0.4, -0.2) is 26.3 Å². The zero-order valence-corrected chi connectivity index (χ0v) is 14.6.